The van der Waals surface area contributed by atoms with Gasteiger partial charge in [0.05, 0.1) is 76.8 Å². The summed E-state index contributed by atoms with van der Waals surface area (Å²) >= 11 is 0. The van der Waals surface area contributed by atoms with Crippen molar-refractivity contribution in [2.75, 3.05) is 41.2 Å². The van der Waals surface area contributed by atoms with Gasteiger partial charge in [0.25, 0.3) is 0 Å². The van der Waals surface area contributed by atoms with Gasteiger partial charge in [0.2, 0.25) is 0 Å². The molecule has 2 N–H and O–H groups in total. The maximum absolute atomic E-state index is 12.0. The zero-order valence-electron chi connectivity index (χ0n) is 85.0. The largest absolute Gasteiger partial charge is 0.496 e. The summed E-state index contributed by atoms with van der Waals surface area (Å²) in [5.41, 5.74) is 3.08. The molecule has 6 aromatic carbocycles. The zero-order valence-corrected chi connectivity index (χ0v) is 51.0. The van der Waals surface area contributed by atoms with E-state index >= 15 is 0 Å². The summed E-state index contributed by atoms with van der Waals surface area (Å²) in [4.78, 5) is 47.7. The quantitative estimate of drug-likeness (QED) is 0.0332. The lowest BCUT2D eigenvalue weighted by molar-refractivity contribution is 0.00578. The predicted molar refractivity (Wildman–Crippen MR) is 360 cm³/mol. The first kappa shape index (κ1) is 45.4. The van der Waals surface area contributed by atoms with Gasteiger partial charge < -0.3 is 76.0 Å². The number of aliphatic hydroxyl groups excluding tert-OH is 1. The van der Waals surface area contributed by atoms with Gasteiger partial charge in [0.1, 0.15) is 74.7 Å². The standard InChI is InChI=1S/C23H29BO7.C23H27BO7.C17H17BO6.18H2/c2*1-7-28-21(26)18-10-8-17(13-20(18)27-6)29-16-9-11-19(15(12-16)14-25)24-30-22(2,3)23(4,5)31-24;1-3-22-17(19)14-6-4-13(9-16(14)21-2)24-12-5-7-15-11(8-12)10-23-18(15)20;;;;;;;;;;;;;;;;;;/h8-13,25H,7,14H2,1-6H3;8-14H,7H2,1-6H3;4-9,20H,3,10H2,1-2H3;18*1H/i;;;17*1+1D;1+1. The summed E-state index contributed by atoms with van der Waals surface area (Å²) in [5, 5.41) is 19.6. The number of benzene rings is 6. The molecule has 0 saturated carbocycles. The van der Waals surface area contributed by atoms with Crippen LogP contribution in [0.25, 0.3) is 0 Å². The first-order valence-electron chi connectivity index (χ1n) is 44.9. The Kier molecular flexibility index (Phi) is 14.8. The monoisotopic (exact) mass is 1250 g/mol. The minimum Gasteiger partial charge on any atom is -0.496 e. The van der Waals surface area contributed by atoms with Gasteiger partial charge in [0.15, 0.2) is 0 Å². The number of hydrogen-bond acceptors (Lipinski definition) is 20. The summed E-state index contributed by atoms with van der Waals surface area (Å²) in [5.74, 6) is 2.74. The number of carbonyl (C=O) groups is 4. The van der Waals surface area contributed by atoms with Gasteiger partial charge >= 0.3 is 39.3 Å². The van der Waals surface area contributed by atoms with Crippen LogP contribution >= 0.6 is 0 Å². The number of rotatable bonds is 19. The highest BCUT2D eigenvalue weighted by molar-refractivity contribution is 6.63. The lowest BCUT2D eigenvalue weighted by Gasteiger charge is -2.32. The fourth-order valence-electron chi connectivity index (χ4n) is 8.90. The highest BCUT2D eigenvalue weighted by Crippen LogP contribution is 2.39. The molecule has 0 unspecified atom stereocenters. The molecule has 0 aromatic heterocycles. The predicted octanol–water partition coefficient (Wildman–Crippen LogP) is 13.5. The van der Waals surface area contributed by atoms with Crippen LogP contribution in [0.5, 0.6) is 51.7 Å². The van der Waals surface area contributed by atoms with Crippen molar-refractivity contribution in [3.63, 3.8) is 0 Å². The molecule has 23 heteroatoms. The third-order valence-corrected chi connectivity index (χ3v) is 15.0. The molecule has 3 aliphatic rings. The third-order valence-electron chi connectivity index (χ3n) is 15.0. The molecular weight excluding hydrogens is 1110 g/mol. The van der Waals surface area contributed by atoms with Gasteiger partial charge in [-0.25, -0.2) is 14.4 Å². The Balaban J connectivity index is -0.000000125. The van der Waals surface area contributed by atoms with E-state index in [4.69, 9.17) is 116 Å². The lowest BCUT2D eigenvalue weighted by Crippen LogP contribution is -2.41. The lowest BCUT2D eigenvalue weighted by atomic mass is 9.76. The van der Waals surface area contributed by atoms with Crippen LogP contribution in [0.4, 0.5) is 0 Å². The van der Waals surface area contributed by atoms with E-state index in [2.05, 4.69) is 0 Å². The van der Waals surface area contributed by atoms with E-state index in [1.165, 1.54) is 21.3 Å². The van der Waals surface area contributed by atoms with Crippen LogP contribution in [0.3, 0.4) is 0 Å². The fourth-order valence-corrected chi connectivity index (χ4v) is 8.90. The number of aldehydes is 1. The van der Waals surface area contributed by atoms with Gasteiger partial charge in [-0.3, -0.25) is 4.79 Å². The van der Waals surface area contributed by atoms with Crippen molar-refractivity contribution < 1.29 is 147 Å². The van der Waals surface area contributed by atoms with Crippen molar-refractivity contribution in [1.82, 2.24) is 0 Å². The van der Waals surface area contributed by atoms with E-state index in [1.807, 2.05) is 67.5 Å². The highest BCUT2D eigenvalue weighted by Gasteiger charge is 2.53. The molecule has 86 heavy (non-hydrogen) atoms. The Morgan fingerprint density at radius 3 is 1.22 bits per heavy atom. The van der Waals surface area contributed by atoms with Crippen LogP contribution in [0, 0.1) is 0 Å². The van der Waals surface area contributed by atoms with Gasteiger partial charge in [-0.15, -0.1) is 0 Å². The topological polar surface area (TPSA) is 238 Å². The molecule has 6 aromatic rings. The molecule has 0 spiro atoms. The van der Waals surface area contributed by atoms with Crippen LogP contribution in [-0.4, -0.2) is 119 Å². The molecule has 3 aliphatic heterocycles. The smallest absolute Gasteiger partial charge is 0.495 e. The molecule has 9 rings (SSSR count). The van der Waals surface area contributed by atoms with E-state index in [1.54, 1.807) is 118 Å². The van der Waals surface area contributed by atoms with E-state index in [0.29, 0.717) is 98.2 Å². The second-order valence-electron chi connectivity index (χ2n) is 21.7. The number of fused-ring (bicyclic) bond motifs is 1. The molecular formula is C63H109B3O20. The molecule has 0 aliphatic carbocycles. The number of carbonyl (C=O) groups excluding carboxylic acids is 4. The first-order chi connectivity index (χ1) is 57.8. The van der Waals surface area contributed by atoms with Crippen molar-refractivity contribution >= 4 is 61.9 Å². The van der Waals surface area contributed by atoms with Crippen LogP contribution in [-0.2, 0) is 50.7 Å². The number of hydrogen-bond donors (Lipinski definition) is 2. The van der Waals surface area contributed by atoms with Crippen LogP contribution < -0.4 is 44.8 Å². The summed E-state index contributed by atoms with van der Waals surface area (Å²) in [6.07, 6.45) is 0.748. The average molecular weight is 1250 g/mol. The van der Waals surface area contributed by atoms with Crippen molar-refractivity contribution in [3.05, 3.63) is 143 Å². The molecule has 490 valence electrons. The summed E-state index contributed by atoms with van der Waals surface area (Å²) in [6, 6.07) is 30.4. The molecule has 0 bridgehead atoms. The fraction of sp³-hybridized carbons (Fsp3) is 0.365. The average Bonchev–Trinajstić information content (AvgIpc) is 1.62. The Bertz CT molecular complexity index is 3470. The first-order valence-corrected chi connectivity index (χ1v) is 27.9. The maximum Gasteiger partial charge on any atom is 0.495 e. The Morgan fingerprint density at radius 1 is 0.512 bits per heavy atom. The Labute approximate surface area is 556 Å². The molecule has 2 saturated heterocycles. The summed E-state index contributed by atoms with van der Waals surface area (Å²) in [7, 11) is 2.32. The SMILES string of the molecule is CCOC(=O)c1ccc(Oc2ccc(B3OC(C)(C)C(C)(C)O3)c(C=O)c2)cc1OC.CCOC(=O)c1ccc(Oc2ccc(B3OC(C)(C)C(C)(C)O3)c(CO)c2)cc1OC.CCOC(=O)c1ccc(Oc2ccc3c(c2)COB3O)cc1OC.[2HH].[2H][2H].[2H][2H].[2H][2H].[2H][2H].[2H][2H].[2H][2H].[2H][2H].[2H][2H].[2H][2H].[2H][2H].[2H][2H].[2H][2H].[2H][2H].[2H][2H].[2H][2H].[2H][2H].[2H][2H]. The molecule has 0 radical (unpaired) electrons. The van der Waals surface area contributed by atoms with Crippen molar-refractivity contribution in [2.45, 2.75) is 112 Å². The Hall–Kier alpha value is -7.89. The van der Waals surface area contributed by atoms with E-state index in [-0.39, 0.29) is 21.2 Å². The number of methoxy groups -OCH3 is 3. The van der Waals surface area contributed by atoms with Crippen molar-refractivity contribution in [3.8, 4) is 51.7 Å². The second kappa shape index (κ2) is 28.1. The number of esters is 3. The third kappa shape index (κ3) is 15.2. The minimum atomic E-state index is -0.877. The van der Waals surface area contributed by atoms with Crippen molar-refractivity contribution in [2.24, 2.45) is 0 Å². The van der Waals surface area contributed by atoms with Crippen LogP contribution in [0.2, 0.25) is 0 Å². The summed E-state index contributed by atoms with van der Waals surface area (Å²) in [6.45, 7) is 22.0. The normalized spacial score (nSPS) is 17.2. The highest BCUT2D eigenvalue weighted by atomic mass is 16.7. The molecule has 3 heterocycles. The molecule has 2 fully saturated rings. The number of aliphatic hydroxyl groups is 1. The van der Waals surface area contributed by atoms with Gasteiger partial charge in [-0.05, 0) is 176 Å². The molecule has 0 atom stereocenters. The van der Waals surface area contributed by atoms with Gasteiger partial charge in [-0.2, -0.15) is 0 Å². The van der Waals surface area contributed by atoms with Gasteiger partial charge in [-0.1, -0.05) is 18.2 Å². The van der Waals surface area contributed by atoms with Crippen LogP contribution in [0.15, 0.2) is 109 Å². The van der Waals surface area contributed by atoms with E-state index in [0.717, 1.165) is 22.8 Å². The zero-order chi connectivity index (χ0) is 96.7. The summed E-state index contributed by atoms with van der Waals surface area (Å²) < 4.78 is 248. The molecule has 0 amide bonds. The number of ether oxygens (including phenoxy) is 9. The Morgan fingerprint density at radius 2 is 0.849 bits per heavy atom. The maximum atomic E-state index is 12.0. The second-order valence-corrected chi connectivity index (χ2v) is 21.7. The van der Waals surface area contributed by atoms with E-state index < -0.39 is 61.7 Å². The van der Waals surface area contributed by atoms with Gasteiger partial charge in [0, 0.05) is 75.7 Å². The molecule has 20 nitrogen and oxygen atoms in total. The van der Waals surface area contributed by atoms with E-state index in [9.17, 15) is 29.3 Å². The minimum absolute atomic E-state index is 0. The van der Waals surface area contributed by atoms with Crippen molar-refractivity contribution in [1.29, 1.82) is 0 Å². The van der Waals surface area contributed by atoms with Crippen LogP contribution in [0.1, 0.15) is 181 Å².